The van der Waals surface area contributed by atoms with Crippen LogP contribution in [0, 0.1) is 5.82 Å². The first-order valence-electron chi connectivity index (χ1n) is 11.5. The molecule has 2 aromatic carbocycles. The molecule has 1 aliphatic rings. The second kappa shape index (κ2) is 10.2. The van der Waals surface area contributed by atoms with E-state index in [2.05, 4.69) is 15.2 Å². The molecule has 0 fully saturated rings. The van der Waals surface area contributed by atoms with Crippen LogP contribution in [0.2, 0.25) is 0 Å². The van der Waals surface area contributed by atoms with Crippen LogP contribution in [0.3, 0.4) is 0 Å². The molecule has 1 unspecified atom stereocenters. The van der Waals surface area contributed by atoms with Gasteiger partial charge in [-0.15, -0.1) is 0 Å². The maximum atomic E-state index is 13.9. The van der Waals surface area contributed by atoms with E-state index >= 15 is 0 Å². The topological polar surface area (TPSA) is 76.5 Å². The smallest absolute Gasteiger partial charge is 0.436 e. The van der Waals surface area contributed by atoms with E-state index in [1.807, 2.05) is 0 Å². The highest BCUT2D eigenvalue weighted by Crippen LogP contribution is 2.39. The maximum absolute atomic E-state index is 13.9. The quantitative estimate of drug-likeness (QED) is 0.326. The first-order chi connectivity index (χ1) is 18.2. The Bertz CT molecular complexity index is 1400. The highest BCUT2D eigenvalue weighted by molar-refractivity contribution is 6.01. The minimum absolute atomic E-state index is 0.0309. The second-order valence-electron chi connectivity index (χ2n) is 8.84. The number of esters is 1. The molecular weight excluding hydrogens is 537 g/mol. The number of alkyl halides is 6. The van der Waals surface area contributed by atoms with Crippen LogP contribution in [-0.2, 0) is 30.2 Å². The summed E-state index contributed by atoms with van der Waals surface area (Å²) in [6.07, 6.45) is -9.84. The van der Waals surface area contributed by atoms with E-state index in [0.29, 0.717) is 17.7 Å². The Labute approximate surface area is 217 Å². The number of nitrogens with zero attached hydrogens (tertiary/aromatic N) is 3. The minimum Gasteiger partial charge on any atom is -0.465 e. The highest BCUT2D eigenvalue weighted by atomic mass is 19.4. The number of carbonyl (C=O) groups is 2. The van der Waals surface area contributed by atoms with Gasteiger partial charge in [-0.05, 0) is 48.4 Å². The number of ether oxygens (including phenoxy) is 1. The summed E-state index contributed by atoms with van der Waals surface area (Å²) in [5.41, 5.74) is -2.93. The van der Waals surface area contributed by atoms with Crippen LogP contribution >= 0.6 is 0 Å². The summed E-state index contributed by atoms with van der Waals surface area (Å²) in [5, 5.41) is 6.04. The van der Waals surface area contributed by atoms with Crippen molar-refractivity contribution in [3.8, 4) is 0 Å². The summed E-state index contributed by atoms with van der Waals surface area (Å²) >= 11 is 0. The van der Waals surface area contributed by atoms with E-state index in [9.17, 15) is 40.3 Å². The van der Waals surface area contributed by atoms with Gasteiger partial charge in [-0.2, -0.15) is 31.4 Å². The van der Waals surface area contributed by atoms with Crippen LogP contribution in [-0.4, -0.2) is 35.3 Å². The van der Waals surface area contributed by atoms with Crippen LogP contribution in [0.5, 0.6) is 0 Å². The largest absolute Gasteiger partial charge is 0.465 e. The van der Waals surface area contributed by atoms with Gasteiger partial charge in [0.1, 0.15) is 17.2 Å². The number of carbonyl (C=O) groups excluding carboxylic acids is 2. The molecule has 0 spiro atoms. The zero-order chi connectivity index (χ0) is 28.7. The highest BCUT2D eigenvalue weighted by Gasteiger charge is 2.44. The number of halogens is 7. The molecule has 0 bridgehead atoms. The predicted octanol–water partition coefficient (Wildman–Crippen LogP) is 5.36. The van der Waals surface area contributed by atoms with Gasteiger partial charge in [0, 0.05) is 13.1 Å². The van der Waals surface area contributed by atoms with Crippen LogP contribution in [0.25, 0.3) is 0 Å². The fraction of sp³-hybridized carbons (Fsp3) is 0.320. The molecule has 4 rings (SSSR count). The number of fused-ring (bicyclic) bond motifs is 1. The Morgan fingerprint density at radius 1 is 1.03 bits per heavy atom. The van der Waals surface area contributed by atoms with Gasteiger partial charge in [-0.1, -0.05) is 12.1 Å². The molecule has 208 valence electrons. The number of hydrogen-bond donors (Lipinski definition) is 1. The molecule has 1 amide bonds. The molecule has 39 heavy (non-hydrogen) atoms. The molecule has 1 aliphatic heterocycles. The number of hydrogen-bond acceptors (Lipinski definition) is 5. The van der Waals surface area contributed by atoms with Crippen LogP contribution < -0.4 is 10.2 Å². The minimum atomic E-state index is -5.01. The lowest BCUT2D eigenvalue weighted by Gasteiger charge is -2.21. The summed E-state index contributed by atoms with van der Waals surface area (Å²) in [5.74, 6) is -3.11. The van der Waals surface area contributed by atoms with Crippen molar-refractivity contribution >= 4 is 17.7 Å². The number of aromatic nitrogens is 2. The van der Waals surface area contributed by atoms with Crippen molar-refractivity contribution in [3.05, 3.63) is 81.8 Å². The van der Waals surface area contributed by atoms with E-state index in [-0.39, 0.29) is 30.0 Å². The molecule has 1 N–H and O–H groups in total. The zero-order valence-electron chi connectivity index (χ0n) is 20.5. The van der Waals surface area contributed by atoms with Crippen molar-refractivity contribution in [2.45, 2.75) is 38.4 Å². The summed E-state index contributed by atoms with van der Waals surface area (Å²) in [7, 11) is 1.20. The molecule has 1 aromatic heterocycles. The molecule has 14 heteroatoms. The lowest BCUT2D eigenvalue weighted by molar-refractivity contribution is -0.142. The number of amides is 1. The number of nitrogens with one attached hydrogen (secondary N) is 1. The molecule has 7 nitrogen and oxygen atoms in total. The summed E-state index contributed by atoms with van der Waals surface area (Å²) < 4.78 is 101. The van der Waals surface area contributed by atoms with Gasteiger partial charge in [-0.25, -0.2) is 13.9 Å². The van der Waals surface area contributed by atoms with Gasteiger partial charge >= 0.3 is 18.3 Å². The average molecular weight is 558 g/mol. The van der Waals surface area contributed by atoms with Gasteiger partial charge < -0.3 is 15.0 Å². The van der Waals surface area contributed by atoms with E-state index < -0.39 is 59.5 Å². The monoisotopic (exact) mass is 558 g/mol. The zero-order valence-corrected chi connectivity index (χ0v) is 20.5. The normalized spacial score (nSPS) is 14.2. The first-order valence-corrected chi connectivity index (χ1v) is 11.5. The third-order valence-corrected chi connectivity index (χ3v) is 6.14. The van der Waals surface area contributed by atoms with Crippen LogP contribution in [0.15, 0.2) is 42.5 Å². The summed E-state index contributed by atoms with van der Waals surface area (Å²) in [6.45, 7) is 1.08. The Balaban J connectivity index is 1.65. The lowest BCUT2D eigenvalue weighted by atomic mass is 10.1. The van der Waals surface area contributed by atoms with Crippen molar-refractivity contribution in [2.24, 2.45) is 0 Å². The van der Waals surface area contributed by atoms with E-state index in [1.54, 1.807) is 0 Å². The second-order valence-corrected chi connectivity index (χ2v) is 8.84. The Morgan fingerprint density at radius 2 is 1.69 bits per heavy atom. The van der Waals surface area contributed by atoms with Gasteiger partial charge in [0.2, 0.25) is 0 Å². The van der Waals surface area contributed by atoms with E-state index in [4.69, 9.17) is 0 Å². The standard InChI is InChI=1S/C25H21F7N4O3/c1-13(15-3-5-16(6-4-15)23(38)39-2)33-21(37)19-20(25(30,31)32)34-36-8-7-35(22(19)36)12-14-9-17(24(27,28)29)11-18(26)10-14/h3-6,9-11,13H,7-8,12H2,1-2H3,(H,33,37). The van der Waals surface area contributed by atoms with Crippen LogP contribution in [0.4, 0.5) is 36.6 Å². The van der Waals surface area contributed by atoms with Crippen molar-refractivity contribution in [3.63, 3.8) is 0 Å². The van der Waals surface area contributed by atoms with Gasteiger partial charge in [0.15, 0.2) is 5.69 Å². The van der Waals surface area contributed by atoms with E-state index in [0.717, 1.165) is 10.7 Å². The van der Waals surface area contributed by atoms with Crippen molar-refractivity contribution in [1.29, 1.82) is 0 Å². The van der Waals surface area contributed by atoms with E-state index in [1.165, 1.54) is 43.2 Å². The molecule has 0 saturated heterocycles. The molecule has 0 aliphatic carbocycles. The van der Waals surface area contributed by atoms with Gasteiger partial charge in [-0.3, -0.25) is 4.79 Å². The number of benzene rings is 2. The third kappa shape index (κ3) is 5.83. The number of anilines is 1. The van der Waals surface area contributed by atoms with Crippen molar-refractivity contribution in [2.75, 3.05) is 18.6 Å². The Morgan fingerprint density at radius 3 is 2.28 bits per heavy atom. The van der Waals surface area contributed by atoms with Crippen molar-refractivity contribution < 1.29 is 45.1 Å². The fourth-order valence-electron chi connectivity index (χ4n) is 4.32. The Hall–Kier alpha value is -4.10. The molecule has 1 atom stereocenters. The number of rotatable bonds is 6. The SMILES string of the molecule is COC(=O)c1ccc(C(C)NC(=O)c2c(C(F)(F)F)nn3c2N(Cc2cc(F)cc(C(F)(F)F)c2)CC3)cc1. The van der Waals surface area contributed by atoms with Gasteiger partial charge in [0.05, 0.1) is 30.8 Å². The van der Waals surface area contributed by atoms with Crippen LogP contribution in [0.1, 0.15) is 56.1 Å². The van der Waals surface area contributed by atoms with Gasteiger partial charge in [0.25, 0.3) is 5.91 Å². The van der Waals surface area contributed by atoms with Crippen molar-refractivity contribution in [1.82, 2.24) is 15.1 Å². The maximum Gasteiger partial charge on any atom is 0.436 e. The third-order valence-electron chi connectivity index (χ3n) is 6.14. The molecule has 0 radical (unpaired) electrons. The first kappa shape index (κ1) is 27.9. The number of methoxy groups -OCH3 is 1. The molecule has 3 aromatic rings. The molecular formula is C25H21F7N4O3. The average Bonchev–Trinajstić information content (AvgIpc) is 3.43. The predicted molar refractivity (Wildman–Crippen MR) is 123 cm³/mol. The molecule has 0 saturated carbocycles. The Kier molecular flexibility index (Phi) is 7.32. The fourth-order valence-corrected chi connectivity index (χ4v) is 4.32. The summed E-state index contributed by atoms with van der Waals surface area (Å²) in [4.78, 5) is 26.1. The summed E-state index contributed by atoms with van der Waals surface area (Å²) in [6, 6.07) is 6.92. The lowest BCUT2D eigenvalue weighted by Crippen LogP contribution is -2.31. The molecule has 2 heterocycles.